The summed E-state index contributed by atoms with van der Waals surface area (Å²) in [5.74, 6) is 0. The highest BCUT2D eigenvalue weighted by Gasteiger charge is 2.13. The van der Waals surface area contributed by atoms with Crippen molar-refractivity contribution in [2.45, 2.75) is 10.1 Å². The predicted octanol–water partition coefficient (Wildman–Crippen LogP) is 2.49. The number of amidine groups is 1. The maximum absolute atomic E-state index is 13.1. The van der Waals surface area contributed by atoms with Gasteiger partial charge in [0.15, 0.2) is 3.84 Å². The molecule has 0 radical (unpaired) electrons. The number of nitrogens with two attached hydrogens (primary N) is 1. The van der Waals surface area contributed by atoms with Gasteiger partial charge < -0.3 is 5.73 Å². The zero-order valence-electron chi connectivity index (χ0n) is 6.55. The van der Waals surface area contributed by atoms with Crippen molar-refractivity contribution in [1.82, 2.24) is 0 Å². The van der Waals surface area contributed by atoms with Crippen LogP contribution in [0.2, 0.25) is 0 Å². The number of rotatable bonds is 1. The van der Waals surface area contributed by atoms with E-state index >= 15 is 0 Å². The average Bonchev–Trinajstić information content (AvgIpc) is 2.19. The van der Waals surface area contributed by atoms with Gasteiger partial charge in [0, 0.05) is 0 Å². The van der Waals surface area contributed by atoms with E-state index in [4.69, 9.17) is 5.73 Å². The first-order valence-corrected chi connectivity index (χ1v) is 5.85. The minimum atomic E-state index is -0.976. The lowest BCUT2D eigenvalue weighted by Gasteiger charge is -2.02. The van der Waals surface area contributed by atoms with Gasteiger partial charge in [0.2, 0.25) is 0 Å². The summed E-state index contributed by atoms with van der Waals surface area (Å²) >= 11 is 3.90. The summed E-state index contributed by atoms with van der Waals surface area (Å²) < 4.78 is 13.3. The van der Waals surface area contributed by atoms with E-state index in [1.165, 1.54) is 6.08 Å². The van der Waals surface area contributed by atoms with Gasteiger partial charge in [-0.15, -0.1) is 0 Å². The molecule has 70 valence electrons. The number of alkyl halides is 2. The number of hydrogen-bond acceptors (Lipinski definition) is 1. The molecule has 5 heteroatoms. The Balaban J connectivity index is 2.95. The highest BCUT2D eigenvalue weighted by molar-refractivity contribution is 14.1. The van der Waals surface area contributed by atoms with Gasteiger partial charge in [-0.3, -0.25) is 0 Å². The van der Waals surface area contributed by atoms with Gasteiger partial charge in [0.25, 0.3) is 0 Å². The van der Waals surface area contributed by atoms with E-state index in [0.717, 1.165) is 0 Å². The predicted molar refractivity (Wildman–Crippen MR) is 69.1 cm³/mol. The van der Waals surface area contributed by atoms with E-state index in [0.29, 0.717) is 9.54 Å². The Kier molecular flexibility index (Phi) is 4.40. The molecule has 2 N–H and O–H groups in total. The summed E-state index contributed by atoms with van der Waals surface area (Å²) in [7, 11) is 0. The molecule has 0 bridgehead atoms. The van der Waals surface area contributed by atoms with E-state index in [2.05, 4.69) is 10.7 Å². The molecule has 1 unspecified atom stereocenters. The van der Waals surface area contributed by atoms with Crippen LogP contribution in [0.25, 0.3) is 0 Å². The van der Waals surface area contributed by atoms with Crippen molar-refractivity contribution in [3.63, 3.8) is 0 Å². The number of allylic oxidation sites excluding steroid dienone is 2. The van der Waals surface area contributed by atoms with E-state index < -0.39 is 6.17 Å². The standard InChI is InChI=1S/C8H7FI2N2/c9-6-3-1-5(13-8(11)12)2-4-7(6)10/h1,3-4,6-7H,(H2,12,13)/t6?,7-/m0/s1. The van der Waals surface area contributed by atoms with E-state index in [1.807, 2.05) is 45.2 Å². The Labute approximate surface area is 103 Å². The van der Waals surface area contributed by atoms with Crippen molar-refractivity contribution in [2.24, 2.45) is 10.7 Å². The molecule has 0 aromatic carbocycles. The highest BCUT2D eigenvalue weighted by atomic mass is 127. The molecule has 2 nitrogen and oxygen atoms in total. The van der Waals surface area contributed by atoms with Crippen LogP contribution in [0.1, 0.15) is 0 Å². The molecule has 0 amide bonds. The van der Waals surface area contributed by atoms with E-state index in [1.54, 1.807) is 12.2 Å². The van der Waals surface area contributed by atoms with Crippen molar-refractivity contribution in [1.29, 1.82) is 0 Å². The smallest absolute Gasteiger partial charge is 0.163 e. The molecule has 0 aromatic heterocycles. The Morgan fingerprint density at radius 3 is 3.00 bits per heavy atom. The number of aliphatic imine (C=N–C) groups is 1. The minimum absolute atomic E-state index is 0.183. The van der Waals surface area contributed by atoms with Crippen LogP contribution >= 0.6 is 45.2 Å². The van der Waals surface area contributed by atoms with Gasteiger partial charge in [-0.1, -0.05) is 28.3 Å². The van der Waals surface area contributed by atoms with Crippen LogP contribution in [0.15, 0.2) is 34.6 Å². The first-order valence-electron chi connectivity index (χ1n) is 3.52. The van der Waals surface area contributed by atoms with Crippen LogP contribution in [0.4, 0.5) is 4.39 Å². The maximum atomic E-state index is 13.1. The molecule has 0 fully saturated rings. The molecule has 0 heterocycles. The van der Waals surface area contributed by atoms with Crippen LogP contribution in [-0.4, -0.2) is 13.9 Å². The number of nitrogens with zero attached hydrogens (tertiary/aromatic N) is 1. The third kappa shape index (κ3) is 3.78. The fourth-order valence-corrected chi connectivity index (χ4v) is 1.46. The lowest BCUT2D eigenvalue weighted by Crippen LogP contribution is -2.07. The zero-order chi connectivity index (χ0) is 9.84. The second kappa shape index (κ2) is 5.11. The first kappa shape index (κ1) is 11.2. The number of halogens is 3. The highest BCUT2D eigenvalue weighted by Crippen LogP contribution is 2.17. The minimum Gasteiger partial charge on any atom is -0.379 e. The van der Waals surface area contributed by atoms with Crippen molar-refractivity contribution in [3.8, 4) is 0 Å². The average molecular weight is 404 g/mol. The quantitative estimate of drug-likeness (QED) is 0.179. The molecule has 13 heavy (non-hydrogen) atoms. The molecular formula is C8H7FI2N2. The second-order valence-corrected chi connectivity index (χ2v) is 4.92. The molecule has 0 spiro atoms. The lowest BCUT2D eigenvalue weighted by atomic mass is 10.3. The fraction of sp³-hybridized carbons (Fsp3) is 0.250. The van der Waals surface area contributed by atoms with Gasteiger partial charge in [0.1, 0.15) is 11.9 Å². The maximum Gasteiger partial charge on any atom is 0.163 e. The van der Waals surface area contributed by atoms with E-state index in [-0.39, 0.29) is 3.92 Å². The van der Waals surface area contributed by atoms with Gasteiger partial charge in [0.05, 0.1) is 3.92 Å². The van der Waals surface area contributed by atoms with Crippen molar-refractivity contribution < 1.29 is 4.39 Å². The van der Waals surface area contributed by atoms with Crippen LogP contribution in [-0.2, 0) is 0 Å². The third-order valence-electron chi connectivity index (χ3n) is 1.36. The Morgan fingerprint density at radius 1 is 1.69 bits per heavy atom. The molecule has 2 atom stereocenters. The van der Waals surface area contributed by atoms with Gasteiger partial charge in [-0.05, 0) is 40.8 Å². The van der Waals surface area contributed by atoms with Crippen LogP contribution < -0.4 is 5.73 Å². The molecule has 0 saturated heterocycles. The van der Waals surface area contributed by atoms with Crippen molar-refractivity contribution in [2.75, 3.05) is 0 Å². The molecule has 1 aliphatic carbocycles. The van der Waals surface area contributed by atoms with E-state index in [9.17, 15) is 4.39 Å². The van der Waals surface area contributed by atoms with Crippen molar-refractivity contribution in [3.05, 3.63) is 29.7 Å². The summed E-state index contributed by atoms with van der Waals surface area (Å²) in [5.41, 5.74) is 8.82. The third-order valence-corrected chi connectivity index (χ3v) is 2.65. The van der Waals surface area contributed by atoms with Gasteiger partial charge in [-0.25, -0.2) is 9.38 Å². The lowest BCUT2D eigenvalue weighted by molar-refractivity contribution is 0.417. The molecule has 1 aliphatic rings. The Hall–Kier alpha value is 0.120. The zero-order valence-corrected chi connectivity index (χ0v) is 10.9. The van der Waals surface area contributed by atoms with Crippen LogP contribution in [0.5, 0.6) is 0 Å². The molecule has 0 aromatic rings. The Bertz CT molecular complexity index is 312. The molecule has 0 saturated carbocycles. The Morgan fingerprint density at radius 2 is 2.38 bits per heavy atom. The fourth-order valence-electron chi connectivity index (χ4n) is 0.779. The monoisotopic (exact) mass is 404 g/mol. The van der Waals surface area contributed by atoms with Crippen LogP contribution in [0.3, 0.4) is 0 Å². The summed E-state index contributed by atoms with van der Waals surface area (Å²) in [6.07, 6.45) is 3.73. The molecule has 0 aliphatic heterocycles. The summed E-state index contributed by atoms with van der Waals surface area (Å²) in [6, 6.07) is 0. The second-order valence-electron chi connectivity index (χ2n) is 2.38. The van der Waals surface area contributed by atoms with Crippen LogP contribution in [0, 0.1) is 0 Å². The first-order chi connectivity index (χ1) is 6.09. The molecule has 1 rings (SSSR count). The van der Waals surface area contributed by atoms with Crippen molar-refractivity contribution >= 4 is 49.0 Å². The summed E-state index contributed by atoms with van der Waals surface area (Å²) in [6.45, 7) is 0. The normalized spacial score (nSPS) is 28.5. The SMILES string of the molecule is NC(I)=NC1=C=C[C@H](I)C(F)C=C1. The van der Waals surface area contributed by atoms with Gasteiger partial charge in [-0.2, -0.15) is 0 Å². The number of hydrogen-bond donors (Lipinski definition) is 1. The largest absolute Gasteiger partial charge is 0.379 e. The van der Waals surface area contributed by atoms with Gasteiger partial charge >= 0.3 is 0 Å². The molecular weight excluding hydrogens is 397 g/mol. The summed E-state index contributed by atoms with van der Waals surface area (Å²) in [4.78, 5) is 3.96. The summed E-state index contributed by atoms with van der Waals surface area (Å²) in [5, 5.41) is 0. The topological polar surface area (TPSA) is 38.4 Å².